The molecule has 1 aliphatic heterocycles. The van der Waals surface area contributed by atoms with Crippen LogP contribution >= 0.6 is 0 Å². The van der Waals surface area contributed by atoms with Gasteiger partial charge in [-0.3, -0.25) is 5.32 Å². The second-order valence-corrected chi connectivity index (χ2v) is 4.59. The van der Waals surface area contributed by atoms with Crippen molar-refractivity contribution < 1.29 is 5.11 Å². The van der Waals surface area contributed by atoms with Crippen molar-refractivity contribution >= 4 is 5.69 Å². The lowest BCUT2D eigenvalue weighted by molar-refractivity contribution is 0.147. The van der Waals surface area contributed by atoms with E-state index in [-0.39, 0.29) is 12.3 Å². The molecule has 2 N–H and O–H groups in total. The fourth-order valence-electron chi connectivity index (χ4n) is 2.58. The zero-order chi connectivity index (χ0) is 11.7. The maximum atomic E-state index is 9.78. The highest BCUT2D eigenvalue weighted by atomic mass is 16.3. The summed E-state index contributed by atoms with van der Waals surface area (Å²) < 4.78 is 0. The number of fused-ring (bicyclic) bond motifs is 1. The van der Waals surface area contributed by atoms with Gasteiger partial charge in [0.05, 0.1) is 6.10 Å². The van der Waals surface area contributed by atoms with E-state index in [0.717, 1.165) is 6.54 Å². The Morgan fingerprint density at radius 1 is 1.44 bits per heavy atom. The van der Waals surface area contributed by atoms with Gasteiger partial charge in [0.1, 0.15) is 6.17 Å². The fourth-order valence-corrected chi connectivity index (χ4v) is 2.58. The molecule has 0 saturated heterocycles. The molecule has 0 amide bonds. The first-order valence-electron chi connectivity index (χ1n) is 5.86. The highest BCUT2D eigenvalue weighted by molar-refractivity contribution is 5.60. The number of hydrogen-bond donors (Lipinski definition) is 2. The van der Waals surface area contributed by atoms with E-state index in [1.165, 1.54) is 11.3 Å². The van der Waals surface area contributed by atoms with E-state index in [2.05, 4.69) is 41.4 Å². The first-order valence-corrected chi connectivity index (χ1v) is 5.86. The van der Waals surface area contributed by atoms with Crippen LogP contribution in [-0.2, 0) is 0 Å². The van der Waals surface area contributed by atoms with Crippen molar-refractivity contribution in [1.82, 2.24) is 5.32 Å². The number of hydrogen-bond acceptors (Lipinski definition) is 3. The fraction of sp³-hybridized carbons (Fsp3) is 0.538. The quantitative estimate of drug-likeness (QED) is 0.811. The summed E-state index contributed by atoms with van der Waals surface area (Å²) in [5.74, 6) is 0.533. The predicted octanol–water partition coefficient (Wildman–Crippen LogP) is 1.54. The molecule has 88 valence electrons. The van der Waals surface area contributed by atoms with Gasteiger partial charge >= 0.3 is 0 Å². The Balaban J connectivity index is 2.32. The van der Waals surface area contributed by atoms with Crippen LogP contribution in [0.3, 0.4) is 0 Å². The van der Waals surface area contributed by atoms with Gasteiger partial charge in [-0.2, -0.15) is 0 Å². The van der Waals surface area contributed by atoms with Crippen molar-refractivity contribution in [1.29, 1.82) is 0 Å². The number of aliphatic hydroxyl groups excluding tert-OH is 1. The van der Waals surface area contributed by atoms with Crippen LogP contribution in [0.25, 0.3) is 0 Å². The molecule has 0 bridgehead atoms. The minimum Gasteiger partial charge on any atom is -0.390 e. The molecule has 3 nitrogen and oxygen atoms in total. The van der Waals surface area contributed by atoms with E-state index < -0.39 is 0 Å². The number of aliphatic hydroxyl groups is 1. The molecule has 16 heavy (non-hydrogen) atoms. The summed E-state index contributed by atoms with van der Waals surface area (Å²) in [6.45, 7) is 5.02. The molecule has 3 heteroatoms. The van der Waals surface area contributed by atoms with Gasteiger partial charge in [-0.15, -0.1) is 0 Å². The van der Waals surface area contributed by atoms with E-state index in [0.29, 0.717) is 5.92 Å². The minimum absolute atomic E-state index is 0.00824. The third kappa shape index (κ3) is 1.81. The standard InChI is InChI=1S/C13H20N2O/c1-9-8-15(13(14-3)10(2)16)12-7-5-4-6-11(9)12/h4-7,9-10,13-14,16H,8H2,1-3H3. The summed E-state index contributed by atoms with van der Waals surface area (Å²) in [5.41, 5.74) is 2.62. The third-order valence-electron chi connectivity index (χ3n) is 3.34. The Morgan fingerprint density at radius 2 is 2.12 bits per heavy atom. The van der Waals surface area contributed by atoms with Crippen molar-refractivity contribution in [2.45, 2.75) is 32.0 Å². The van der Waals surface area contributed by atoms with Crippen molar-refractivity contribution in [3.8, 4) is 0 Å². The van der Waals surface area contributed by atoms with E-state index in [9.17, 15) is 5.11 Å². The number of benzene rings is 1. The Hall–Kier alpha value is -1.06. The summed E-state index contributed by atoms with van der Waals surface area (Å²) in [7, 11) is 1.89. The highest BCUT2D eigenvalue weighted by Crippen LogP contribution is 2.36. The molecule has 1 aromatic rings. The van der Waals surface area contributed by atoms with E-state index >= 15 is 0 Å². The molecule has 1 aromatic carbocycles. The predicted molar refractivity (Wildman–Crippen MR) is 66.7 cm³/mol. The largest absolute Gasteiger partial charge is 0.390 e. The average molecular weight is 220 g/mol. The summed E-state index contributed by atoms with van der Waals surface area (Å²) in [5, 5.41) is 13.0. The molecule has 0 saturated carbocycles. The number of anilines is 1. The van der Waals surface area contributed by atoms with Crippen molar-refractivity contribution in [3.63, 3.8) is 0 Å². The molecule has 1 heterocycles. The van der Waals surface area contributed by atoms with Crippen LogP contribution in [-0.4, -0.2) is 31.0 Å². The first kappa shape index (κ1) is 11.4. The topological polar surface area (TPSA) is 35.5 Å². The van der Waals surface area contributed by atoms with Crippen molar-refractivity contribution in [2.24, 2.45) is 0 Å². The molecule has 0 spiro atoms. The molecular formula is C13H20N2O. The van der Waals surface area contributed by atoms with Gasteiger partial charge in [0.15, 0.2) is 0 Å². The lowest BCUT2D eigenvalue weighted by Crippen LogP contribution is -2.50. The van der Waals surface area contributed by atoms with Crippen LogP contribution in [0.1, 0.15) is 25.3 Å². The van der Waals surface area contributed by atoms with Crippen molar-refractivity contribution in [2.75, 3.05) is 18.5 Å². The highest BCUT2D eigenvalue weighted by Gasteiger charge is 2.31. The summed E-state index contributed by atoms with van der Waals surface area (Å²) in [6, 6.07) is 8.44. The summed E-state index contributed by atoms with van der Waals surface area (Å²) in [6.07, 6.45) is -0.394. The smallest absolute Gasteiger partial charge is 0.105 e. The Kier molecular flexibility index (Phi) is 3.17. The van der Waals surface area contributed by atoms with Crippen LogP contribution in [0, 0.1) is 0 Å². The molecule has 1 aliphatic rings. The van der Waals surface area contributed by atoms with E-state index in [1.807, 2.05) is 14.0 Å². The Labute approximate surface area is 97.1 Å². The van der Waals surface area contributed by atoms with Gasteiger partial charge in [0.25, 0.3) is 0 Å². The maximum Gasteiger partial charge on any atom is 0.105 e. The van der Waals surface area contributed by atoms with Gasteiger partial charge in [-0.1, -0.05) is 25.1 Å². The molecule has 3 atom stereocenters. The Bertz CT molecular complexity index is 365. The number of nitrogens with one attached hydrogen (secondary N) is 1. The van der Waals surface area contributed by atoms with Crippen LogP contribution in [0.5, 0.6) is 0 Å². The number of para-hydroxylation sites is 1. The average Bonchev–Trinajstić information content (AvgIpc) is 2.58. The number of nitrogens with zero attached hydrogens (tertiary/aromatic N) is 1. The molecule has 0 fully saturated rings. The molecule has 3 unspecified atom stereocenters. The molecule has 0 aromatic heterocycles. The second-order valence-electron chi connectivity index (χ2n) is 4.59. The van der Waals surface area contributed by atoms with E-state index in [1.54, 1.807) is 0 Å². The summed E-state index contributed by atoms with van der Waals surface area (Å²) in [4.78, 5) is 2.25. The number of likely N-dealkylation sites (N-methyl/N-ethyl adjacent to an activating group) is 1. The molecule has 0 radical (unpaired) electrons. The SMILES string of the molecule is CNC(C(C)O)N1CC(C)c2ccccc21. The molecular weight excluding hydrogens is 200 g/mol. The van der Waals surface area contributed by atoms with Gasteiger partial charge in [-0.05, 0) is 25.6 Å². The van der Waals surface area contributed by atoms with E-state index in [4.69, 9.17) is 0 Å². The van der Waals surface area contributed by atoms with Gasteiger partial charge in [0.2, 0.25) is 0 Å². The Morgan fingerprint density at radius 3 is 2.75 bits per heavy atom. The molecule has 0 aliphatic carbocycles. The monoisotopic (exact) mass is 220 g/mol. The van der Waals surface area contributed by atoms with Gasteiger partial charge in [-0.25, -0.2) is 0 Å². The lowest BCUT2D eigenvalue weighted by Gasteiger charge is -2.32. The van der Waals surface area contributed by atoms with Crippen LogP contribution in [0.4, 0.5) is 5.69 Å². The summed E-state index contributed by atoms with van der Waals surface area (Å²) >= 11 is 0. The lowest BCUT2D eigenvalue weighted by atomic mass is 10.0. The van der Waals surface area contributed by atoms with Crippen molar-refractivity contribution in [3.05, 3.63) is 29.8 Å². The number of rotatable bonds is 3. The normalized spacial score (nSPS) is 23.0. The minimum atomic E-state index is -0.386. The van der Waals surface area contributed by atoms with Gasteiger partial charge < -0.3 is 10.0 Å². The first-order chi connectivity index (χ1) is 7.65. The van der Waals surface area contributed by atoms with Gasteiger partial charge in [0, 0.05) is 18.2 Å². The van der Waals surface area contributed by atoms with Crippen LogP contribution < -0.4 is 10.2 Å². The third-order valence-corrected chi connectivity index (χ3v) is 3.34. The zero-order valence-corrected chi connectivity index (χ0v) is 10.1. The maximum absolute atomic E-state index is 9.78. The van der Waals surface area contributed by atoms with Crippen LogP contribution in [0.2, 0.25) is 0 Å². The molecule has 2 rings (SSSR count). The second kappa shape index (κ2) is 4.44. The zero-order valence-electron chi connectivity index (χ0n) is 10.1. The van der Waals surface area contributed by atoms with Crippen LogP contribution in [0.15, 0.2) is 24.3 Å².